The zero-order chi connectivity index (χ0) is 14.8. The van der Waals surface area contributed by atoms with Crippen LogP contribution in [0.5, 0.6) is 0 Å². The van der Waals surface area contributed by atoms with Crippen molar-refractivity contribution in [3.05, 3.63) is 33.0 Å². The summed E-state index contributed by atoms with van der Waals surface area (Å²) in [6.45, 7) is 2.73. The second kappa shape index (κ2) is 6.02. The molecule has 2 heterocycles. The molecule has 6 nitrogen and oxygen atoms in total. The number of nitrogens with one attached hydrogen (secondary N) is 3. The number of nitrogens with zero attached hydrogens (tertiary/aromatic N) is 3. The molecule has 0 radical (unpaired) electrons. The average molecular weight is 415 g/mol. The Morgan fingerprint density at radius 1 is 1.33 bits per heavy atom. The molecule has 0 bridgehead atoms. The quantitative estimate of drug-likeness (QED) is 0.566. The van der Waals surface area contributed by atoms with Crippen molar-refractivity contribution < 1.29 is 0 Å². The summed E-state index contributed by atoms with van der Waals surface area (Å²) in [5.41, 5.74) is 1.46. The summed E-state index contributed by atoms with van der Waals surface area (Å²) in [6.07, 6.45) is 1.69. The third-order valence-electron chi connectivity index (χ3n) is 2.83. The second-order valence-corrected chi connectivity index (χ2v) is 5.96. The molecule has 0 spiro atoms. The Bertz CT molecular complexity index is 787. The highest BCUT2D eigenvalue weighted by molar-refractivity contribution is 14.1. The zero-order valence-corrected chi connectivity index (χ0v) is 14.0. The molecule has 0 aliphatic carbocycles. The minimum absolute atomic E-state index is 0.540. The van der Waals surface area contributed by atoms with Crippen molar-refractivity contribution in [1.29, 1.82) is 0 Å². The first kappa shape index (κ1) is 14.3. The first-order valence-corrected chi connectivity index (χ1v) is 7.80. The van der Waals surface area contributed by atoms with Gasteiger partial charge in [0, 0.05) is 10.1 Å². The number of fused-ring (bicyclic) bond motifs is 1. The molecule has 0 saturated carbocycles. The third kappa shape index (κ3) is 3.03. The van der Waals surface area contributed by atoms with Gasteiger partial charge in [0.15, 0.2) is 5.65 Å². The van der Waals surface area contributed by atoms with Gasteiger partial charge in [-0.05, 0) is 47.7 Å². The van der Waals surface area contributed by atoms with Gasteiger partial charge >= 0.3 is 0 Å². The molecular formula is C13H12ClIN6. The summed E-state index contributed by atoms with van der Waals surface area (Å²) < 4.78 is 1.08. The van der Waals surface area contributed by atoms with E-state index in [1.165, 1.54) is 0 Å². The van der Waals surface area contributed by atoms with Crippen LogP contribution in [-0.2, 0) is 0 Å². The average Bonchev–Trinajstić information content (AvgIpc) is 2.91. The number of rotatable bonds is 4. The SMILES string of the molecule is CCNc1nc(Nc2ccc(I)cc2Cl)c2cn[nH]c2n1. The van der Waals surface area contributed by atoms with E-state index < -0.39 is 0 Å². The molecule has 108 valence electrons. The highest BCUT2D eigenvalue weighted by atomic mass is 127. The summed E-state index contributed by atoms with van der Waals surface area (Å²) in [5, 5.41) is 14.7. The van der Waals surface area contributed by atoms with E-state index in [-0.39, 0.29) is 0 Å². The van der Waals surface area contributed by atoms with Crippen LogP contribution in [0.25, 0.3) is 11.0 Å². The Kier molecular flexibility index (Phi) is 4.11. The fraction of sp³-hybridized carbons (Fsp3) is 0.154. The van der Waals surface area contributed by atoms with Gasteiger partial charge in [-0.2, -0.15) is 15.1 Å². The van der Waals surface area contributed by atoms with Crippen LogP contribution in [0.4, 0.5) is 17.5 Å². The van der Waals surface area contributed by atoms with E-state index in [2.05, 4.69) is 53.4 Å². The minimum atomic E-state index is 0.540. The van der Waals surface area contributed by atoms with Gasteiger partial charge in [-0.3, -0.25) is 5.10 Å². The van der Waals surface area contributed by atoms with Gasteiger partial charge in [-0.1, -0.05) is 11.6 Å². The Hall–Kier alpha value is -1.61. The van der Waals surface area contributed by atoms with Gasteiger partial charge < -0.3 is 10.6 Å². The van der Waals surface area contributed by atoms with Crippen LogP contribution in [0.1, 0.15) is 6.92 Å². The summed E-state index contributed by atoms with van der Waals surface area (Å²) in [6, 6.07) is 5.79. The standard InChI is InChI=1S/C13H12ClIN6/c1-2-16-13-19-11(8-6-17-21-12(8)20-13)18-10-4-3-7(15)5-9(10)14/h3-6H,2H2,1H3,(H3,16,17,18,19,20,21). The van der Waals surface area contributed by atoms with Crippen LogP contribution >= 0.6 is 34.2 Å². The molecule has 21 heavy (non-hydrogen) atoms. The number of aromatic amines is 1. The lowest BCUT2D eigenvalue weighted by Crippen LogP contribution is -2.05. The van der Waals surface area contributed by atoms with Crippen molar-refractivity contribution in [3.63, 3.8) is 0 Å². The summed E-state index contributed by atoms with van der Waals surface area (Å²) in [7, 11) is 0. The topological polar surface area (TPSA) is 78.5 Å². The van der Waals surface area contributed by atoms with Crippen LogP contribution in [0.3, 0.4) is 0 Å². The molecule has 1 aromatic carbocycles. The van der Waals surface area contributed by atoms with E-state index in [1.54, 1.807) is 6.20 Å². The molecule has 3 rings (SSSR count). The predicted molar refractivity (Wildman–Crippen MR) is 93.3 cm³/mol. The molecule has 0 aliphatic rings. The van der Waals surface area contributed by atoms with Gasteiger partial charge in [-0.25, -0.2) is 0 Å². The van der Waals surface area contributed by atoms with E-state index in [9.17, 15) is 0 Å². The van der Waals surface area contributed by atoms with Crippen molar-refractivity contribution in [2.45, 2.75) is 6.92 Å². The smallest absolute Gasteiger partial charge is 0.226 e. The van der Waals surface area contributed by atoms with E-state index in [1.807, 2.05) is 25.1 Å². The van der Waals surface area contributed by atoms with Gasteiger partial charge in [0.05, 0.1) is 22.3 Å². The fourth-order valence-corrected chi connectivity index (χ4v) is 2.79. The molecule has 0 unspecified atom stereocenters. The number of anilines is 3. The Morgan fingerprint density at radius 2 is 2.19 bits per heavy atom. The molecule has 3 N–H and O–H groups in total. The summed E-state index contributed by atoms with van der Waals surface area (Å²) in [5.74, 6) is 1.20. The molecule has 0 saturated heterocycles. The third-order valence-corrected chi connectivity index (χ3v) is 3.81. The number of hydrogen-bond donors (Lipinski definition) is 3. The molecule has 3 aromatic rings. The van der Waals surface area contributed by atoms with Gasteiger partial charge in [0.25, 0.3) is 0 Å². The molecule has 2 aromatic heterocycles. The van der Waals surface area contributed by atoms with E-state index >= 15 is 0 Å². The zero-order valence-electron chi connectivity index (χ0n) is 11.1. The Labute approximate surface area is 139 Å². The van der Waals surface area contributed by atoms with Crippen LogP contribution in [0.15, 0.2) is 24.4 Å². The van der Waals surface area contributed by atoms with E-state index in [4.69, 9.17) is 11.6 Å². The summed E-state index contributed by atoms with van der Waals surface area (Å²) in [4.78, 5) is 8.82. The first-order chi connectivity index (χ1) is 10.2. The van der Waals surface area contributed by atoms with Crippen molar-refractivity contribution in [3.8, 4) is 0 Å². The van der Waals surface area contributed by atoms with Gasteiger partial charge in [-0.15, -0.1) is 0 Å². The lowest BCUT2D eigenvalue weighted by molar-refractivity contribution is 1.07. The van der Waals surface area contributed by atoms with Crippen molar-refractivity contribution in [1.82, 2.24) is 20.2 Å². The molecule has 0 amide bonds. The normalized spacial score (nSPS) is 10.8. The van der Waals surface area contributed by atoms with Crippen LogP contribution < -0.4 is 10.6 Å². The maximum Gasteiger partial charge on any atom is 0.226 e. The maximum absolute atomic E-state index is 6.26. The molecule has 8 heteroatoms. The lowest BCUT2D eigenvalue weighted by atomic mass is 10.3. The Morgan fingerprint density at radius 3 is 2.95 bits per heavy atom. The molecule has 0 aliphatic heterocycles. The number of aromatic nitrogens is 4. The molecule has 0 fully saturated rings. The summed E-state index contributed by atoms with van der Waals surface area (Å²) >= 11 is 8.48. The predicted octanol–water partition coefficient (Wildman–Crippen LogP) is 3.79. The molecular weight excluding hydrogens is 403 g/mol. The van der Waals surface area contributed by atoms with Gasteiger partial charge in [0.2, 0.25) is 5.95 Å². The highest BCUT2D eigenvalue weighted by Gasteiger charge is 2.11. The number of halogens is 2. The fourth-order valence-electron chi connectivity index (χ4n) is 1.89. The lowest BCUT2D eigenvalue weighted by Gasteiger charge is -2.10. The maximum atomic E-state index is 6.26. The largest absolute Gasteiger partial charge is 0.354 e. The van der Waals surface area contributed by atoms with E-state index in [0.29, 0.717) is 22.4 Å². The van der Waals surface area contributed by atoms with Crippen molar-refractivity contribution in [2.75, 3.05) is 17.2 Å². The first-order valence-electron chi connectivity index (χ1n) is 6.34. The van der Waals surface area contributed by atoms with Crippen LogP contribution in [-0.4, -0.2) is 26.7 Å². The Balaban J connectivity index is 2.04. The number of H-pyrrole nitrogens is 1. The van der Waals surface area contributed by atoms with Crippen molar-refractivity contribution in [2.24, 2.45) is 0 Å². The van der Waals surface area contributed by atoms with E-state index in [0.717, 1.165) is 21.2 Å². The number of hydrogen-bond acceptors (Lipinski definition) is 5. The highest BCUT2D eigenvalue weighted by Crippen LogP contribution is 2.29. The number of benzene rings is 1. The monoisotopic (exact) mass is 414 g/mol. The van der Waals surface area contributed by atoms with Crippen molar-refractivity contribution >= 4 is 62.7 Å². The van der Waals surface area contributed by atoms with Crippen LogP contribution in [0.2, 0.25) is 5.02 Å². The molecule has 0 atom stereocenters. The van der Waals surface area contributed by atoms with Gasteiger partial charge in [0.1, 0.15) is 5.82 Å². The second-order valence-electron chi connectivity index (χ2n) is 4.31. The van der Waals surface area contributed by atoms with Crippen LogP contribution in [0, 0.1) is 3.57 Å². The minimum Gasteiger partial charge on any atom is -0.354 e.